The van der Waals surface area contributed by atoms with E-state index in [1.54, 1.807) is 12.3 Å². The van der Waals surface area contributed by atoms with Crippen LogP contribution in [0.25, 0.3) is 0 Å². The van der Waals surface area contributed by atoms with Gasteiger partial charge in [-0.3, -0.25) is 9.78 Å². The van der Waals surface area contributed by atoms with Crippen LogP contribution >= 0.6 is 0 Å². The highest BCUT2D eigenvalue weighted by Gasteiger charge is 2.29. The summed E-state index contributed by atoms with van der Waals surface area (Å²) in [4.78, 5) is 18.7. The number of pyridine rings is 1. The van der Waals surface area contributed by atoms with Gasteiger partial charge in [0.05, 0.1) is 23.1 Å². The second-order valence-electron chi connectivity index (χ2n) is 6.20. The molecule has 1 saturated heterocycles. The van der Waals surface area contributed by atoms with Crippen molar-refractivity contribution in [2.24, 2.45) is 5.41 Å². The molecule has 1 aromatic heterocycles. The summed E-state index contributed by atoms with van der Waals surface area (Å²) in [5, 5.41) is 3.04. The van der Waals surface area contributed by atoms with Crippen LogP contribution in [0.1, 0.15) is 35.8 Å². The van der Waals surface area contributed by atoms with Crippen molar-refractivity contribution in [3.63, 3.8) is 0 Å². The highest BCUT2D eigenvalue weighted by Crippen LogP contribution is 2.29. The average molecular weight is 276 g/mol. The number of nitrogens with zero attached hydrogens (tertiary/aromatic N) is 2. The molecule has 0 saturated carbocycles. The number of hydrogen-bond donors (Lipinski definition) is 2. The molecule has 0 aromatic carbocycles. The summed E-state index contributed by atoms with van der Waals surface area (Å²) >= 11 is 0. The van der Waals surface area contributed by atoms with E-state index < -0.39 is 0 Å². The predicted octanol–water partition coefficient (Wildman–Crippen LogP) is 1.43. The van der Waals surface area contributed by atoms with E-state index in [0.29, 0.717) is 23.5 Å². The smallest absolute Gasteiger partial charge is 0.253 e. The number of amides is 1. The van der Waals surface area contributed by atoms with Gasteiger partial charge in [0, 0.05) is 6.54 Å². The summed E-state index contributed by atoms with van der Waals surface area (Å²) < 4.78 is 0. The molecule has 20 heavy (non-hydrogen) atoms. The monoisotopic (exact) mass is 276 g/mol. The zero-order valence-corrected chi connectivity index (χ0v) is 12.6. The van der Waals surface area contributed by atoms with Crippen molar-refractivity contribution in [1.29, 1.82) is 0 Å². The standard InChI is InChI=1S/C15H24N4O/c1-11-13(8-12(16)9-17-11)14(20)18-10-15(2)4-6-19(3)7-5-15/h8-9H,4-7,10,16H2,1-3H3,(H,18,20). The molecular formula is C15H24N4O. The van der Waals surface area contributed by atoms with Gasteiger partial charge in [-0.15, -0.1) is 0 Å². The minimum atomic E-state index is -0.0811. The Labute approximate surface area is 120 Å². The van der Waals surface area contributed by atoms with Crippen molar-refractivity contribution >= 4 is 11.6 Å². The summed E-state index contributed by atoms with van der Waals surface area (Å²) in [5.74, 6) is -0.0811. The van der Waals surface area contributed by atoms with E-state index in [1.165, 1.54) is 0 Å². The Morgan fingerprint density at radius 1 is 1.50 bits per heavy atom. The molecule has 0 bridgehead atoms. The summed E-state index contributed by atoms with van der Waals surface area (Å²) in [7, 11) is 2.14. The second kappa shape index (κ2) is 5.79. The van der Waals surface area contributed by atoms with Crippen LogP contribution in [0.4, 0.5) is 5.69 Å². The van der Waals surface area contributed by atoms with Crippen LogP contribution in [-0.4, -0.2) is 42.5 Å². The van der Waals surface area contributed by atoms with Gasteiger partial charge < -0.3 is 16.0 Å². The van der Waals surface area contributed by atoms with Crippen LogP contribution < -0.4 is 11.1 Å². The Bertz CT molecular complexity index is 493. The van der Waals surface area contributed by atoms with E-state index in [1.807, 2.05) is 6.92 Å². The van der Waals surface area contributed by atoms with Crippen LogP contribution in [0.5, 0.6) is 0 Å². The van der Waals surface area contributed by atoms with E-state index in [-0.39, 0.29) is 11.3 Å². The maximum absolute atomic E-state index is 12.2. The van der Waals surface area contributed by atoms with E-state index in [2.05, 4.69) is 29.2 Å². The maximum Gasteiger partial charge on any atom is 0.253 e. The average Bonchev–Trinajstić information content (AvgIpc) is 2.43. The molecule has 1 aliphatic rings. The summed E-state index contributed by atoms with van der Waals surface area (Å²) in [6.07, 6.45) is 3.79. The first-order valence-corrected chi connectivity index (χ1v) is 7.08. The summed E-state index contributed by atoms with van der Waals surface area (Å²) in [5.41, 5.74) is 7.69. The highest BCUT2D eigenvalue weighted by molar-refractivity contribution is 5.95. The van der Waals surface area contributed by atoms with Gasteiger partial charge >= 0.3 is 0 Å². The Kier molecular flexibility index (Phi) is 4.28. The van der Waals surface area contributed by atoms with Gasteiger partial charge in [0.2, 0.25) is 0 Å². The Balaban J connectivity index is 1.97. The van der Waals surface area contributed by atoms with Crippen molar-refractivity contribution in [2.75, 3.05) is 32.4 Å². The van der Waals surface area contributed by atoms with E-state index in [0.717, 1.165) is 25.9 Å². The number of aromatic nitrogens is 1. The zero-order valence-electron chi connectivity index (χ0n) is 12.6. The first-order chi connectivity index (χ1) is 9.39. The third kappa shape index (κ3) is 3.48. The normalized spacial score (nSPS) is 18.8. The first-order valence-electron chi connectivity index (χ1n) is 7.08. The fourth-order valence-corrected chi connectivity index (χ4v) is 2.50. The number of aryl methyl sites for hydroxylation is 1. The molecule has 5 nitrogen and oxygen atoms in total. The van der Waals surface area contributed by atoms with Gasteiger partial charge in [-0.25, -0.2) is 0 Å². The topological polar surface area (TPSA) is 71.2 Å². The third-order valence-corrected chi connectivity index (χ3v) is 4.22. The van der Waals surface area contributed by atoms with Crippen molar-refractivity contribution in [3.8, 4) is 0 Å². The van der Waals surface area contributed by atoms with Gasteiger partial charge in [0.15, 0.2) is 0 Å². The van der Waals surface area contributed by atoms with Crippen molar-refractivity contribution in [1.82, 2.24) is 15.2 Å². The zero-order chi connectivity index (χ0) is 14.8. The lowest BCUT2D eigenvalue weighted by Crippen LogP contribution is -2.43. The molecule has 0 spiro atoms. The number of nitrogen functional groups attached to an aromatic ring is 1. The first kappa shape index (κ1) is 14.8. The Morgan fingerprint density at radius 3 is 2.80 bits per heavy atom. The van der Waals surface area contributed by atoms with E-state index in [9.17, 15) is 4.79 Å². The fourth-order valence-electron chi connectivity index (χ4n) is 2.50. The molecule has 2 rings (SSSR count). The molecule has 1 fully saturated rings. The van der Waals surface area contributed by atoms with Crippen LogP contribution in [0.2, 0.25) is 0 Å². The number of likely N-dealkylation sites (tertiary alicyclic amines) is 1. The number of nitrogens with one attached hydrogen (secondary N) is 1. The predicted molar refractivity (Wildman–Crippen MR) is 80.6 cm³/mol. The lowest BCUT2D eigenvalue weighted by Gasteiger charge is -2.38. The van der Waals surface area contributed by atoms with Crippen molar-refractivity contribution in [3.05, 3.63) is 23.5 Å². The largest absolute Gasteiger partial charge is 0.397 e. The number of nitrogens with two attached hydrogens (primary N) is 1. The molecule has 5 heteroatoms. The Morgan fingerprint density at radius 2 is 2.15 bits per heavy atom. The molecule has 1 aromatic rings. The van der Waals surface area contributed by atoms with Gasteiger partial charge in [-0.1, -0.05) is 6.92 Å². The fraction of sp³-hybridized carbons (Fsp3) is 0.600. The minimum absolute atomic E-state index is 0.0811. The molecular weight excluding hydrogens is 252 g/mol. The maximum atomic E-state index is 12.2. The van der Waals surface area contributed by atoms with Crippen LogP contribution in [0.3, 0.4) is 0 Å². The number of carbonyl (C=O) groups excluding carboxylic acids is 1. The molecule has 3 N–H and O–H groups in total. The number of carbonyl (C=O) groups is 1. The quantitative estimate of drug-likeness (QED) is 0.876. The molecule has 0 unspecified atom stereocenters. The highest BCUT2D eigenvalue weighted by atomic mass is 16.1. The summed E-state index contributed by atoms with van der Waals surface area (Å²) in [6.45, 7) is 6.95. The Hall–Kier alpha value is -1.62. The molecule has 2 heterocycles. The lowest BCUT2D eigenvalue weighted by atomic mass is 9.80. The number of hydrogen-bond acceptors (Lipinski definition) is 4. The summed E-state index contributed by atoms with van der Waals surface area (Å²) in [6, 6.07) is 1.69. The van der Waals surface area contributed by atoms with E-state index >= 15 is 0 Å². The molecule has 1 aliphatic heterocycles. The van der Waals surface area contributed by atoms with E-state index in [4.69, 9.17) is 5.73 Å². The van der Waals surface area contributed by atoms with Crippen molar-refractivity contribution < 1.29 is 4.79 Å². The van der Waals surface area contributed by atoms with Crippen LogP contribution in [0, 0.1) is 12.3 Å². The second-order valence-corrected chi connectivity index (χ2v) is 6.20. The lowest BCUT2D eigenvalue weighted by molar-refractivity contribution is 0.0890. The van der Waals surface area contributed by atoms with Gasteiger partial charge in [-0.05, 0) is 51.4 Å². The molecule has 0 aliphatic carbocycles. The minimum Gasteiger partial charge on any atom is -0.397 e. The van der Waals surface area contributed by atoms with Crippen LogP contribution in [0.15, 0.2) is 12.3 Å². The number of piperidine rings is 1. The molecule has 110 valence electrons. The van der Waals surface area contributed by atoms with Gasteiger partial charge in [-0.2, -0.15) is 0 Å². The SMILES string of the molecule is Cc1ncc(N)cc1C(=O)NCC1(C)CCN(C)CC1. The van der Waals surface area contributed by atoms with Crippen LogP contribution in [-0.2, 0) is 0 Å². The molecule has 0 atom stereocenters. The van der Waals surface area contributed by atoms with Gasteiger partial charge in [0.1, 0.15) is 0 Å². The molecule has 0 radical (unpaired) electrons. The number of anilines is 1. The molecule has 1 amide bonds. The number of rotatable bonds is 3. The van der Waals surface area contributed by atoms with Crippen molar-refractivity contribution in [2.45, 2.75) is 26.7 Å². The third-order valence-electron chi connectivity index (χ3n) is 4.22. The van der Waals surface area contributed by atoms with Gasteiger partial charge in [0.25, 0.3) is 5.91 Å².